The van der Waals surface area contributed by atoms with Gasteiger partial charge < -0.3 is 47.5 Å². The number of non-ortho nitro benzene ring substituents is 2. The number of nitrogens with zero attached hydrogens (tertiary/aromatic N) is 6. The molecule has 0 saturated heterocycles. The summed E-state index contributed by atoms with van der Waals surface area (Å²) in [5.74, 6) is -0.684. The van der Waals surface area contributed by atoms with Crippen molar-refractivity contribution in [3.8, 4) is 0 Å². The zero-order chi connectivity index (χ0) is 92.7. The number of ketones is 2. The van der Waals surface area contributed by atoms with Crippen LogP contribution in [0.4, 0.5) is 45.5 Å². The van der Waals surface area contributed by atoms with Crippen LogP contribution < -0.4 is 174 Å². The number of anilines is 6. The summed E-state index contributed by atoms with van der Waals surface area (Å²) < 4.78 is 36.3. The monoisotopic (exact) mass is 2170 g/mol. The zero-order valence-electron chi connectivity index (χ0n) is 72.9. The summed E-state index contributed by atoms with van der Waals surface area (Å²) in [7, 11) is -5.90. The average Bonchev–Trinajstić information content (AvgIpc) is 1.61. The number of Topliss-reactive ketones (excluding diaryl/α,β-unsaturated/α-hetero) is 2. The Morgan fingerprint density at radius 2 is 0.905 bits per heavy atom. The number of hydrogen-bond acceptors (Lipinski definition) is 22. The van der Waals surface area contributed by atoms with Crippen molar-refractivity contribution in [2.24, 2.45) is 5.10 Å². The van der Waals surface area contributed by atoms with E-state index in [4.69, 9.17) is 94.0 Å². The fraction of sp³-hybridized carbons (Fsp3) is 0.314. The molecule has 0 spiro atoms. The minimum absolute atomic E-state index is 0. The molecule has 8 aromatic carbocycles. The number of halogens is 5. The number of carboxylic acid groups (broad SMARTS) is 1. The van der Waals surface area contributed by atoms with Gasteiger partial charge in [0, 0.05) is 103 Å². The number of carbonyl (C=O) groups excluding carboxylic acids is 7. The number of amides is 4. The van der Waals surface area contributed by atoms with E-state index in [2.05, 4.69) is 36.7 Å². The van der Waals surface area contributed by atoms with Crippen LogP contribution in [0.25, 0.3) is 0 Å². The maximum atomic E-state index is 13.2. The molecule has 29 nitrogen and oxygen atoms in total. The molecule has 0 atom stereocenters. The van der Waals surface area contributed by atoms with E-state index in [0.29, 0.717) is 93.4 Å². The molecule has 6 aliphatic rings. The second kappa shape index (κ2) is 55.4. The van der Waals surface area contributed by atoms with E-state index in [1.54, 1.807) is 60.6 Å². The summed E-state index contributed by atoms with van der Waals surface area (Å²) >= 11 is 30.7. The number of fused-ring (bicyclic) bond motifs is 4. The van der Waals surface area contributed by atoms with Crippen molar-refractivity contribution in [2.75, 3.05) is 31.2 Å². The van der Waals surface area contributed by atoms with Gasteiger partial charge in [0.05, 0.1) is 63.1 Å². The van der Waals surface area contributed by atoms with Crippen molar-refractivity contribution in [1.82, 2.24) is 0 Å². The number of aliphatic carboxylic acids is 1. The van der Waals surface area contributed by atoms with Crippen LogP contribution in [-0.2, 0) is 108 Å². The quantitative estimate of drug-likeness (QED) is 0.00724. The van der Waals surface area contributed by atoms with Crippen molar-refractivity contribution in [3.05, 3.63) is 267 Å². The Balaban J connectivity index is 0.000000512. The molecule has 0 aromatic heterocycles. The number of nitro benzene ring substituents is 2. The molecule has 2 aliphatic carbocycles. The maximum absolute atomic E-state index is 13.2. The standard InChI is InChI=1S/C24H26ClN3O2.C17H15ClN2O3.C17H17ClN2O.C10H10N2O3.C8H12O2.C7H6BrCl.C2H4O2.CH2O3.2Cs.2Na.O4S2.H/c1-24(2)18-14-17(26-27-20-10-4-3-5-11-22(20)29)12-13-21(18)28(23(24)30)15-16-8-6-7-9-19(16)25;1-17(2)13-9-12(20(22)23)7-8-15(13)19(16(17)21)10-11-5-3-4-6-14(11)18;1-17(2)13-9-12(19)7-8-15(13)20(16(17)21)10-11-5-3-4-6-14(11)18;1-10(2)7-5-6(12(14)15)3-4-8(7)11-9(10)13;9-6-7-4-2-1-3-5-8(7)10;8-5-6-3-1-2-4-7(6)9;1-2(3)4;2-1-4-3;;;;;1-5(2)6(3)4;/h6-9,12-14,26H,3-5,10-11,15H2,1-2H3;3-9H,10H2,1-2H3;3-9H,10,19H2,1-2H3;3-5H,1-2H3,(H,11,13);6,9H,1-5H2;1-4H,5H2;1H3,(H,3,4);1,3H;;;;;;/q;;;;;;;;2*+1;;;;-1/p-1/b27-20+;;;;7-6-;;;;;;;;;. The van der Waals surface area contributed by atoms with Crippen molar-refractivity contribution in [3.63, 3.8) is 0 Å². The van der Waals surface area contributed by atoms with Crippen molar-refractivity contribution in [2.45, 2.75) is 173 Å². The Hall–Kier alpha value is -5.13. The van der Waals surface area contributed by atoms with Gasteiger partial charge in [0.2, 0.25) is 23.6 Å². The summed E-state index contributed by atoms with van der Waals surface area (Å²) in [6, 6.07) is 50.7. The molecule has 6 N–H and O–H groups in total. The molecule has 126 heavy (non-hydrogen) atoms. The van der Waals surface area contributed by atoms with Gasteiger partial charge in [0.1, 0.15) is 5.71 Å². The van der Waals surface area contributed by atoms with Crippen LogP contribution in [0.3, 0.4) is 0 Å². The van der Waals surface area contributed by atoms with Crippen molar-refractivity contribution < 1.29 is 225 Å². The Labute approximate surface area is 909 Å². The first-order chi connectivity index (χ1) is 58.5. The number of nitrogens with two attached hydrogens (primary N) is 1. The molecule has 4 heterocycles. The van der Waals surface area contributed by atoms with Gasteiger partial charge in [-0.1, -0.05) is 148 Å². The summed E-state index contributed by atoms with van der Waals surface area (Å²) in [6.07, 6.45) is 9.77. The second-order valence-corrected chi connectivity index (χ2v) is 34.6. The van der Waals surface area contributed by atoms with E-state index in [1.165, 1.54) is 67.9 Å². The summed E-state index contributed by atoms with van der Waals surface area (Å²) in [4.78, 5) is 120. The number of rotatable bonds is 12. The Morgan fingerprint density at radius 1 is 0.556 bits per heavy atom. The van der Waals surface area contributed by atoms with Crippen molar-refractivity contribution in [1.29, 1.82) is 0 Å². The normalized spacial score (nSPS) is 15.7. The number of hydrogen-bond donors (Lipinski definition) is 5. The molecule has 4 amide bonds. The molecule has 652 valence electrons. The van der Waals surface area contributed by atoms with Crippen LogP contribution in [0.2, 0.25) is 20.1 Å². The predicted molar refractivity (Wildman–Crippen MR) is 485 cm³/mol. The van der Waals surface area contributed by atoms with E-state index in [1.807, 2.05) is 155 Å². The van der Waals surface area contributed by atoms with Gasteiger partial charge in [-0.2, -0.15) is 21.9 Å². The molecule has 4 aliphatic heterocycles. The molecule has 8 aromatic rings. The number of aliphatic hydroxyl groups is 1. The van der Waals surface area contributed by atoms with Crippen LogP contribution in [0, 0.1) is 20.2 Å². The first-order valence-electron chi connectivity index (χ1n) is 38.7. The van der Waals surface area contributed by atoms with Gasteiger partial charge in [-0.15, -0.1) is 0 Å². The number of carboxylic acids is 1. The van der Waals surface area contributed by atoms with Crippen LogP contribution >= 0.6 is 62.3 Å². The molecule has 0 unspecified atom stereocenters. The number of allylic oxidation sites excluding steroid dienone is 1. The van der Waals surface area contributed by atoms with Crippen LogP contribution in [-0.4, -0.2) is 134 Å². The number of hydrazone groups is 1. The number of nitrogens with one attached hydrogen (secondary N) is 2. The third kappa shape index (κ3) is 32.7. The van der Waals surface area contributed by atoms with Crippen molar-refractivity contribution >= 4 is 223 Å². The number of nitro groups is 2. The van der Waals surface area contributed by atoms with Gasteiger partial charge in [0.15, 0.2) is 11.6 Å². The van der Waals surface area contributed by atoms with Crippen LogP contribution in [0.15, 0.2) is 187 Å². The van der Waals surface area contributed by atoms with Gasteiger partial charge in [0.25, 0.3) is 23.8 Å². The third-order valence-electron chi connectivity index (χ3n) is 20.1. The molecule has 0 bridgehead atoms. The molecule has 40 heteroatoms. The zero-order valence-corrected chi connectivity index (χ0v) is 94.7. The summed E-state index contributed by atoms with van der Waals surface area (Å²) in [5.41, 5.74) is 19.1. The number of aliphatic hydroxyl groups excluding tert-OH is 1. The second-order valence-electron chi connectivity index (χ2n) is 30.0. The minimum atomic E-state index is -2.95. The average molecular weight is 2170 g/mol. The number of alkyl halides is 1. The molecular weight excluding hydrogens is 2080 g/mol. The fourth-order valence-electron chi connectivity index (χ4n) is 13.3. The molecule has 2 saturated carbocycles. The number of nitrogen functional groups attached to an aromatic ring is 1. The molecular formula is C86H92BrCl4Cs2N9Na2O20S2. The van der Waals surface area contributed by atoms with E-state index >= 15 is 0 Å². The SMILES string of the molecule is CC(=O)O.CC1(C)C(=O)N(Cc2ccccc2Cl)c2ccc(N)cc21.CC1(C)C(=O)N(Cc2ccccc2Cl)c2ccc(N/N=C3\CCCCCC3=O)cc21.CC1(C)C(=O)N(Cc2ccccc2Cl)c2ccc([N+](=O)[O-])cc21.CC1(C)C(=O)Nc2ccc([N+](=O)[O-])cc21.Clc1ccccc1CBr.O=C1CCCCC/C1=C/O.O=CO[O-].O=S(=O)=S(=O)=O.[Cs+].[Cs+].[H-].[Na][Na]. The van der Waals surface area contributed by atoms with E-state index in [-0.39, 0.29) is 192 Å². The fourth-order valence-corrected chi connectivity index (χ4v) is 14.8. The molecule has 2 fully saturated rings. The predicted octanol–water partition coefficient (Wildman–Crippen LogP) is 10.8. The Kier molecular flexibility index (Phi) is 50.6. The summed E-state index contributed by atoms with van der Waals surface area (Å²) in [6.45, 7) is 16.9. The van der Waals surface area contributed by atoms with Gasteiger partial charge in [-0.3, -0.25) is 64.0 Å². The third-order valence-corrected chi connectivity index (χ3v) is 23.0. The van der Waals surface area contributed by atoms with Gasteiger partial charge >= 0.3 is 200 Å². The Morgan fingerprint density at radius 3 is 1.29 bits per heavy atom. The van der Waals surface area contributed by atoms with E-state index in [0.717, 1.165) is 119 Å². The van der Waals surface area contributed by atoms with Crippen LogP contribution in [0.5, 0.6) is 0 Å². The molecule has 0 radical (unpaired) electrons. The van der Waals surface area contributed by atoms with E-state index in [9.17, 15) is 49.0 Å². The first kappa shape index (κ1) is 115. The number of benzene rings is 8. The Bertz CT molecular complexity index is 5580. The van der Waals surface area contributed by atoms with Gasteiger partial charge in [-0.25, -0.2) is 0 Å². The van der Waals surface area contributed by atoms with E-state index < -0.39 is 56.0 Å². The topological polar surface area (TPSA) is 436 Å². The van der Waals surface area contributed by atoms with Gasteiger partial charge in [-0.05, 0) is 211 Å². The van der Waals surface area contributed by atoms with Crippen LogP contribution in [0.1, 0.15) is 172 Å². The number of carbonyl (C=O) groups is 8. The summed E-state index contributed by atoms with van der Waals surface area (Å²) in [5, 5.41) is 56.7. The first-order valence-corrected chi connectivity index (χ1v) is 52.0. The molecule has 14 rings (SSSR count).